The molecule has 0 amide bonds. The van der Waals surface area contributed by atoms with Crippen LogP contribution < -0.4 is 0 Å². The molecule has 2 fully saturated rings. The first-order valence-electron chi connectivity index (χ1n) is 7.84. The molecule has 0 spiro atoms. The van der Waals surface area contributed by atoms with Gasteiger partial charge in [0.25, 0.3) is 0 Å². The van der Waals surface area contributed by atoms with E-state index in [1.54, 1.807) is 6.92 Å². The van der Waals surface area contributed by atoms with Gasteiger partial charge in [-0.1, -0.05) is 0 Å². The van der Waals surface area contributed by atoms with E-state index in [9.17, 15) is 20.4 Å². The van der Waals surface area contributed by atoms with Crippen molar-refractivity contribution in [3.63, 3.8) is 0 Å². The Bertz CT molecular complexity index is 355. The molecule has 136 valence electrons. The number of aliphatic hydroxyl groups excluding tert-OH is 5. The summed E-state index contributed by atoms with van der Waals surface area (Å²) in [7, 11) is 0. The van der Waals surface area contributed by atoms with E-state index in [1.807, 2.05) is 0 Å². The van der Waals surface area contributed by atoms with Crippen molar-refractivity contribution in [1.29, 1.82) is 0 Å². The molecule has 9 nitrogen and oxygen atoms in total. The highest BCUT2D eigenvalue weighted by atomic mass is 16.7. The predicted molar refractivity (Wildman–Crippen MR) is 75.2 cm³/mol. The summed E-state index contributed by atoms with van der Waals surface area (Å²) in [4.78, 5) is 0. The molecular formula is C14H26O9. The van der Waals surface area contributed by atoms with Crippen LogP contribution >= 0.6 is 0 Å². The molecule has 0 saturated carbocycles. The maximum Gasteiger partial charge on any atom is 0.161 e. The Morgan fingerprint density at radius 3 is 2.13 bits per heavy atom. The lowest BCUT2D eigenvalue weighted by Gasteiger charge is -2.42. The maximum atomic E-state index is 10.2. The third-order valence-corrected chi connectivity index (χ3v) is 4.06. The molecule has 2 aliphatic rings. The van der Waals surface area contributed by atoms with Gasteiger partial charge in [0.05, 0.1) is 25.4 Å². The molecular weight excluding hydrogens is 312 g/mol. The Balaban J connectivity index is 1.97. The van der Waals surface area contributed by atoms with Crippen molar-refractivity contribution < 1.29 is 44.5 Å². The first kappa shape index (κ1) is 19.0. The zero-order valence-electron chi connectivity index (χ0n) is 13.0. The van der Waals surface area contributed by atoms with E-state index in [4.69, 9.17) is 24.1 Å². The molecule has 0 aromatic heterocycles. The van der Waals surface area contributed by atoms with Gasteiger partial charge in [0.2, 0.25) is 0 Å². The average Bonchev–Trinajstić information content (AvgIpc) is 2.53. The number of rotatable bonds is 6. The lowest BCUT2D eigenvalue weighted by Crippen LogP contribution is -2.56. The minimum Gasteiger partial charge on any atom is -0.394 e. The summed E-state index contributed by atoms with van der Waals surface area (Å²) in [6, 6.07) is 0. The first-order chi connectivity index (χ1) is 11.0. The Hall–Kier alpha value is -0.360. The van der Waals surface area contributed by atoms with Gasteiger partial charge in [0.1, 0.15) is 24.4 Å². The summed E-state index contributed by atoms with van der Waals surface area (Å²) < 4.78 is 21.8. The molecule has 0 aromatic carbocycles. The maximum absolute atomic E-state index is 10.2. The van der Waals surface area contributed by atoms with Crippen LogP contribution in [0.5, 0.6) is 0 Å². The number of hydrogen-bond acceptors (Lipinski definition) is 9. The van der Waals surface area contributed by atoms with Crippen molar-refractivity contribution in [2.75, 3.05) is 19.8 Å². The highest BCUT2D eigenvalue weighted by Crippen LogP contribution is 2.28. The van der Waals surface area contributed by atoms with E-state index >= 15 is 0 Å². The third-order valence-electron chi connectivity index (χ3n) is 4.06. The summed E-state index contributed by atoms with van der Waals surface area (Å²) in [5, 5.41) is 48.3. The highest BCUT2D eigenvalue weighted by molar-refractivity contribution is 4.87. The molecule has 8 unspecified atom stereocenters. The van der Waals surface area contributed by atoms with Crippen LogP contribution in [-0.2, 0) is 18.9 Å². The summed E-state index contributed by atoms with van der Waals surface area (Å²) in [5.41, 5.74) is 0. The highest BCUT2D eigenvalue weighted by Gasteiger charge is 2.43. The van der Waals surface area contributed by atoms with Crippen LogP contribution in [0.4, 0.5) is 0 Å². The normalized spacial score (nSPS) is 45.1. The fraction of sp³-hybridized carbons (Fsp3) is 1.00. The van der Waals surface area contributed by atoms with Gasteiger partial charge in [-0.2, -0.15) is 0 Å². The lowest BCUT2D eigenvalue weighted by atomic mass is 10.00. The van der Waals surface area contributed by atoms with Crippen molar-refractivity contribution in [1.82, 2.24) is 0 Å². The largest absolute Gasteiger partial charge is 0.394 e. The van der Waals surface area contributed by atoms with Crippen molar-refractivity contribution in [3.8, 4) is 0 Å². The molecule has 0 radical (unpaired) electrons. The third kappa shape index (κ3) is 4.59. The molecule has 0 aromatic rings. The molecule has 2 rings (SSSR count). The molecule has 2 saturated heterocycles. The summed E-state index contributed by atoms with van der Waals surface area (Å²) in [5.74, 6) is 0. The second kappa shape index (κ2) is 8.65. The van der Waals surface area contributed by atoms with E-state index in [2.05, 4.69) is 0 Å². The summed E-state index contributed by atoms with van der Waals surface area (Å²) >= 11 is 0. The fourth-order valence-electron chi connectivity index (χ4n) is 2.85. The van der Waals surface area contributed by atoms with E-state index in [1.165, 1.54) is 0 Å². The lowest BCUT2D eigenvalue weighted by molar-refractivity contribution is -0.320. The van der Waals surface area contributed by atoms with Crippen LogP contribution in [0.15, 0.2) is 0 Å². The van der Waals surface area contributed by atoms with Gasteiger partial charge in [-0.3, -0.25) is 0 Å². The fourth-order valence-corrected chi connectivity index (χ4v) is 2.85. The quantitative estimate of drug-likeness (QED) is 0.362. The molecule has 9 heteroatoms. The van der Waals surface area contributed by atoms with Gasteiger partial charge in [0, 0.05) is 19.4 Å². The van der Waals surface area contributed by atoms with Crippen LogP contribution in [0.2, 0.25) is 0 Å². The van der Waals surface area contributed by atoms with E-state index in [-0.39, 0.29) is 19.4 Å². The number of hydrogen-bond donors (Lipinski definition) is 5. The minimum atomic E-state index is -1.21. The monoisotopic (exact) mass is 338 g/mol. The Kier molecular flexibility index (Phi) is 7.14. The molecule has 2 heterocycles. The second-order valence-corrected chi connectivity index (χ2v) is 5.73. The van der Waals surface area contributed by atoms with E-state index < -0.39 is 55.8 Å². The number of ether oxygens (including phenoxy) is 4. The van der Waals surface area contributed by atoms with Crippen LogP contribution in [0, 0.1) is 0 Å². The van der Waals surface area contributed by atoms with Gasteiger partial charge >= 0.3 is 0 Å². The summed E-state index contributed by atoms with van der Waals surface area (Å²) in [6.45, 7) is 1.35. The Morgan fingerprint density at radius 2 is 1.52 bits per heavy atom. The van der Waals surface area contributed by atoms with E-state index in [0.717, 1.165) is 0 Å². The Morgan fingerprint density at radius 1 is 0.913 bits per heavy atom. The zero-order valence-corrected chi connectivity index (χ0v) is 13.0. The van der Waals surface area contributed by atoms with Gasteiger partial charge < -0.3 is 44.5 Å². The first-order valence-corrected chi connectivity index (χ1v) is 7.84. The predicted octanol–water partition coefficient (Wildman–Crippen LogP) is -2.29. The van der Waals surface area contributed by atoms with Crippen molar-refractivity contribution in [2.45, 2.75) is 69.0 Å². The number of aliphatic hydroxyl groups is 5. The molecule has 23 heavy (non-hydrogen) atoms. The molecule has 0 aliphatic carbocycles. The van der Waals surface area contributed by atoms with Gasteiger partial charge in [-0.15, -0.1) is 0 Å². The summed E-state index contributed by atoms with van der Waals surface area (Å²) in [6.07, 6.45) is -7.33. The topological polar surface area (TPSA) is 138 Å². The second-order valence-electron chi connectivity index (χ2n) is 5.73. The van der Waals surface area contributed by atoms with Gasteiger partial charge in [-0.25, -0.2) is 0 Å². The van der Waals surface area contributed by atoms with Crippen LogP contribution in [0.3, 0.4) is 0 Å². The standard InChI is InChI=1S/C14H26O9/c1-2-20-11-4-8(18)14(10(6-16)22-11)23-12-3-7(17)13(19)9(5-15)21-12/h7-19H,2-6H2,1H3. The van der Waals surface area contributed by atoms with E-state index in [0.29, 0.717) is 6.61 Å². The molecule has 5 N–H and O–H groups in total. The van der Waals surface area contributed by atoms with Crippen molar-refractivity contribution in [2.24, 2.45) is 0 Å². The van der Waals surface area contributed by atoms with Crippen LogP contribution in [0.1, 0.15) is 19.8 Å². The van der Waals surface area contributed by atoms with Crippen LogP contribution in [0.25, 0.3) is 0 Å². The molecule has 2 aliphatic heterocycles. The minimum absolute atomic E-state index is 0.0199. The molecule has 8 atom stereocenters. The smallest absolute Gasteiger partial charge is 0.161 e. The van der Waals surface area contributed by atoms with Crippen molar-refractivity contribution in [3.05, 3.63) is 0 Å². The average molecular weight is 338 g/mol. The molecule has 0 bridgehead atoms. The van der Waals surface area contributed by atoms with Gasteiger partial charge in [0.15, 0.2) is 12.6 Å². The van der Waals surface area contributed by atoms with Gasteiger partial charge in [-0.05, 0) is 6.92 Å². The van der Waals surface area contributed by atoms with Crippen molar-refractivity contribution >= 4 is 0 Å². The van der Waals surface area contributed by atoms with Crippen LogP contribution in [-0.4, -0.2) is 94.6 Å². The Labute approximate surface area is 134 Å². The zero-order chi connectivity index (χ0) is 17.0. The SMILES string of the molecule is CCOC1CC(O)C(OC2CC(O)C(O)C(CO)O2)C(CO)O1.